The van der Waals surface area contributed by atoms with Crippen molar-refractivity contribution in [3.05, 3.63) is 18.2 Å². The number of carbonyl (C=O) groups excluding carboxylic acids is 2. The Kier molecular flexibility index (Phi) is 8.42. The highest BCUT2D eigenvalue weighted by atomic mass is 32.1. The van der Waals surface area contributed by atoms with Crippen LogP contribution in [0.1, 0.15) is 26.0 Å². The number of aliphatic carboxylic acids is 1. The zero-order valence-corrected chi connectivity index (χ0v) is 15.1. The van der Waals surface area contributed by atoms with Gasteiger partial charge >= 0.3 is 5.97 Å². The average Bonchev–Trinajstić information content (AvgIpc) is 3.03. The van der Waals surface area contributed by atoms with E-state index in [9.17, 15) is 14.4 Å². The molecule has 0 aliphatic carbocycles. The van der Waals surface area contributed by atoms with Crippen molar-refractivity contribution in [2.45, 2.75) is 44.8 Å². The molecule has 1 aromatic heterocycles. The number of carbonyl (C=O) groups is 3. The van der Waals surface area contributed by atoms with Gasteiger partial charge < -0.3 is 26.5 Å². The Morgan fingerprint density at radius 1 is 1.28 bits per heavy atom. The van der Waals surface area contributed by atoms with Gasteiger partial charge in [-0.25, -0.2) is 9.78 Å². The average molecular weight is 371 g/mol. The highest BCUT2D eigenvalue weighted by Crippen LogP contribution is 2.05. The molecule has 3 atom stereocenters. The van der Waals surface area contributed by atoms with Crippen LogP contribution in [-0.2, 0) is 20.8 Å². The Hall–Kier alpha value is -2.07. The predicted molar refractivity (Wildman–Crippen MR) is 95.1 cm³/mol. The number of thiol groups is 1. The molecule has 0 radical (unpaired) electrons. The summed E-state index contributed by atoms with van der Waals surface area (Å²) in [5, 5.41) is 14.0. The molecule has 2 amide bonds. The molecular formula is C15H25N5O4S. The number of nitrogens with zero attached hydrogens (tertiary/aromatic N) is 1. The van der Waals surface area contributed by atoms with Gasteiger partial charge in [0.25, 0.3) is 0 Å². The van der Waals surface area contributed by atoms with Crippen molar-refractivity contribution in [3.8, 4) is 0 Å². The second-order valence-corrected chi connectivity index (χ2v) is 6.53. The second-order valence-electron chi connectivity index (χ2n) is 6.16. The van der Waals surface area contributed by atoms with Crippen LogP contribution in [0.4, 0.5) is 0 Å². The molecule has 6 N–H and O–H groups in total. The maximum atomic E-state index is 12.4. The zero-order chi connectivity index (χ0) is 19.0. The van der Waals surface area contributed by atoms with Crippen LogP contribution in [0.3, 0.4) is 0 Å². The predicted octanol–water partition coefficient (Wildman–Crippen LogP) is -0.690. The van der Waals surface area contributed by atoms with Crippen LogP contribution in [0.2, 0.25) is 0 Å². The fourth-order valence-corrected chi connectivity index (χ4v) is 2.42. The topological polar surface area (TPSA) is 150 Å². The number of aromatic amines is 1. The SMILES string of the molecule is CC(C)CC(N)C(=O)NC(Cc1cnc[nH]1)C(=O)NC(CS)C(=O)O. The first-order valence-electron chi connectivity index (χ1n) is 7.91. The molecule has 140 valence electrons. The number of H-pyrrole nitrogens is 1. The van der Waals surface area contributed by atoms with Crippen molar-refractivity contribution in [2.75, 3.05) is 5.75 Å². The van der Waals surface area contributed by atoms with Crippen LogP contribution in [-0.4, -0.2) is 56.7 Å². The van der Waals surface area contributed by atoms with E-state index in [0.717, 1.165) is 0 Å². The monoisotopic (exact) mass is 371 g/mol. The van der Waals surface area contributed by atoms with Crippen molar-refractivity contribution in [2.24, 2.45) is 11.7 Å². The quantitative estimate of drug-likeness (QED) is 0.300. The number of nitrogens with one attached hydrogen (secondary N) is 3. The minimum atomic E-state index is -1.20. The molecule has 0 spiro atoms. The number of hydrogen-bond donors (Lipinski definition) is 6. The third kappa shape index (κ3) is 7.14. The third-order valence-electron chi connectivity index (χ3n) is 3.47. The number of nitrogens with two attached hydrogens (primary N) is 1. The van der Waals surface area contributed by atoms with E-state index in [2.05, 4.69) is 33.2 Å². The van der Waals surface area contributed by atoms with Gasteiger partial charge in [0.15, 0.2) is 0 Å². The summed E-state index contributed by atoms with van der Waals surface area (Å²) in [5.74, 6) is -2.14. The van der Waals surface area contributed by atoms with Crippen LogP contribution in [0.25, 0.3) is 0 Å². The molecule has 10 heteroatoms. The first kappa shape index (κ1) is 21.0. The normalized spacial score (nSPS) is 14.6. The molecule has 0 aliphatic rings. The summed E-state index contributed by atoms with van der Waals surface area (Å²) >= 11 is 3.91. The molecule has 3 unspecified atom stereocenters. The van der Waals surface area contributed by atoms with Gasteiger partial charge in [-0.15, -0.1) is 0 Å². The lowest BCUT2D eigenvalue weighted by molar-refractivity contribution is -0.141. The van der Waals surface area contributed by atoms with Gasteiger partial charge in [0.1, 0.15) is 12.1 Å². The van der Waals surface area contributed by atoms with Gasteiger partial charge in [-0.3, -0.25) is 9.59 Å². The summed E-state index contributed by atoms with van der Waals surface area (Å²) in [6.45, 7) is 3.87. The van der Waals surface area contributed by atoms with Crippen LogP contribution in [0.5, 0.6) is 0 Å². The number of carboxylic acid groups (broad SMARTS) is 1. The summed E-state index contributed by atoms with van der Waals surface area (Å²) < 4.78 is 0. The maximum Gasteiger partial charge on any atom is 0.327 e. The molecule has 1 rings (SSSR count). The highest BCUT2D eigenvalue weighted by molar-refractivity contribution is 7.80. The van der Waals surface area contributed by atoms with E-state index in [1.165, 1.54) is 12.5 Å². The fraction of sp³-hybridized carbons (Fsp3) is 0.600. The van der Waals surface area contributed by atoms with E-state index >= 15 is 0 Å². The lowest BCUT2D eigenvalue weighted by Crippen LogP contribution is -2.55. The first-order chi connectivity index (χ1) is 11.7. The smallest absolute Gasteiger partial charge is 0.327 e. The fourth-order valence-electron chi connectivity index (χ4n) is 2.18. The lowest BCUT2D eigenvalue weighted by Gasteiger charge is -2.22. The number of carboxylic acids is 1. The van der Waals surface area contributed by atoms with Crippen LogP contribution in [0, 0.1) is 5.92 Å². The van der Waals surface area contributed by atoms with E-state index in [1.54, 1.807) is 0 Å². The van der Waals surface area contributed by atoms with E-state index in [0.29, 0.717) is 12.1 Å². The van der Waals surface area contributed by atoms with Gasteiger partial charge in [-0.05, 0) is 12.3 Å². The number of imidazole rings is 1. The van der Waals surface area contributed by atoms with Gasteiger partial charge in [-0.2, -0.15) is 12.6 Å². The van der Waals surface area contributed by atoms with E-state index in [4.69, 9.17) is 10.8 Å². The van der Waals surface area contributed by atoms with Crippen molar-refractivity contribution in [1.82, 2.24) is 20.6 Å². The summed E-state index contributed by atoms with van der Waals surface area (Å²) in [7, 11) is 0. The molecule has 0 fully saturated rings. The minimum absolute atomic E-state index is 0.0708. The Morgan fingerprint density at radius 2 is 1.92 bits per heavy atom. The van der Waals surface area contributed by atoms with E-state index in [-0.39, 0.29) is 18.1 Å². The molecule has 1 heterocycles. The van der Waals surface area contributed by atoms with Crippen molar-refractivity contribution in [1.29, 1.82) is 0 Å². The Balaban J connectivity index is 2.83. The summed E-state index contributed by atoms with van der Waals surface area (Å²) in [5.41, 5.74) is 6.47. The van der Waals surface area contributed by atoms with Crippen LogP contribution >= 0.6 is 12.6 Å². The van der Waals surface area contributed by atoms with Gasteiger partial charge in [0.05, 0.1) is 12.4 Å². The molecule has 0 aliphatic heterocycles. The van der Waals surface area contributed by atoms with Crippen molar-refractivity contribution in [3.63, 3.8) is 0 Å². The van der Waals surface area contributed by atoms with Crippen LogP contribution < -0.4 is 16.4 Å². The van der Waals surface area contributed by atoms with Crippen molar-refractivity contribution >= 4 is 30.4 Å². The van der Waals surface area contributed by atoms with Gasteiger partial charge in [0.2, 0.25) is 11.8 Å². The molecule has 0 saturated carbocycles. The molecule has 1 aromatic rings. The Morgan fingerprint density at radius 3 is 2.40 bits per heavy atom. The van der Waals surface area contributed by atoms with Gasteiger partial charge in [-0.1, -0.05) is 13.8 Å². The number of aromatic nitrogens is 2. The maximum absolute atomic E-state index is 12.4. The lowest BCUT2D eigenvalue weighted by atomic mass is 10.0. The summed E-state index contributed by atoms with van der Waals surface area (Å²) in [6.07, 6.45) is 3.57. The standard InChI is InChI=1S/C15H25N5O4S/c1-8(2)3-10(16)13(21)19-11(4-9-5-17-7-18-9)14(22)20-12(6-25)15(23)24/h5,7-8,10-12,25H,3-4,6,16H2,1-2H3,(H,17,18)(H,19,21)(H,20,22)(H,23,24). The van der Waals surface area contributed by atoms with E-state index in [1.807, 2.05) is 13.8 Å². The molecule has 25 heavy (non-hydrogen) atoms. The van der Waals surface area contributed by atoms with Gasteiger partial charge in [0, 0.05) is 24.1 Å². The summed E-state index contributed by atoms with van der Waals surface area (Å²) in [4.78, 5) is 42.4. The molecule has 0 bridgehead atoms. The second kappa shape index (κ2) is 10.0. The highest BCUT2D eigenvalue weighted by Gasteiger charge is 2.28. The Labute approximate surface area is 151 Å². The number of hydrogen-bond acceptors (Lipinski definition) is 6. The minimum Gasteiger partial charge on any atom is -0.480 e. The molecular weight excluding hydrogens is 346 g/mol. The third-order valence-corrected chi connectivity index (χ3v) is 3.84. The van der Waals surface area contributed by atoms with Crippen LogP contribution in [0.15, 0.2) is 12.5 Å². The Bertz CT molecular complexity index is 578. The number of amides is 2. The number of rotatable bonds is 10. The van der Waals surface area contributed by atoms with Crippen molar-refractivity contribution < 1.29 is 19.5 Å². The zero-order valence-electron chi connectivity index (χ0n) is 14.2. The van der Waals surface area contributed by atoms with E-state index < -0.39 is 35.9 Å². The first-order valence-corrected chi connectivity index (χ1v) is 8.55. The molecule has 9 nitrogen and oxygen atoms in total. The summed E-state index contributed by atoms with van der Waals surface area (Å²) in [6, 6.07) is -2.88. The molecule has 0 saturated heterocycles. The largest absolute Gasteiger partial charge is 0.480 e. The molecule has 0 aromatic carbocycles.